The van der Waals surface area contributed by atoms with Gasteiger partial charge in [0.05, 0.1) is 9.80 Å². The summed E-state index contributed by atoms with van der Waals surface area (Å²) in [5.41, 5.74) is -1.04. The van der Waals surface area contributed by atoms with Crippen LogP contribution in [0.4, 0.5) is 30.5 Å². The Morgan fingerprint density at radius 1 is 1.21 bits per heavy atom. The van der Waals surface area contributed by atoms with Gasteiger partial charge in [-0.3, -0.25) is 10.1 Å². The van der Waals surface area contributed by atoms with Crippen molar-refractivity contribution in [3.8, 4) is 10.4 Å². The van der Waals surface area contributed by atoms with E-state index in [0.717, 1.165) is 36.3 Å². The highest BCUT2D eigenvalue weighted by Crippen LogP contribution is 2.50. The van der Waals surface area contributed by atoms with Crippen LogP contribution in [-0.2, 0) is 20.8 Å². The lowest BCUT2D eigenvalue weighted by atomic mass is 9.85. The van der Waals surface area contributed by atoms with E-state index in [1.807, 2.05) is 0 Å². The fourth-order valence-electron chi connectivity index (χ4n) is 3.50. The van der Waals surface area contributed by atoms with Gasteiger partial charge in [-0.05, 0) is 31.4 Å². The number of rotatable bonds is 6. The van der Waals surface area contributed by atoms with Crippen LogP contribution in [0.2, 0.25) is 0 Å². The van der Waals surface area contributed by atoms with Gasteiger partial charge in [-0.15, -0.1) is 11.3 Å². The maximum atomic E-state index is 12.9. The van der Waals surface area contributed by atoms with Gasteiger partial charge in [0.25, 0.3) is 5.69 Å². The number of nitrogens with one attached hydrogen (secondary N) is 1. The topological polar surface area (TPSA) is 128 Å². The first-order valence-electron chi connectivity index (χ1n) is 9.52. The lowest BCUT2D eigenvalue weighted by Gasteiger charge is -2.37. The van der Waals surface area contributed by atoms with Crippen molar-refractivity contribution < 1.29 is 26.5 Å². The summed E-state index contributed by atoms with van der Waals surface area (Å²) < 4.78 is 62.4. The summed E-state index contributed by atoms with van der Waals surface area (Å²) in [7, 11) is -3.42. The molecule has 3 aromatic rings. The van der Waals surface area contributed by atoms with Crippen molar-refractivity contribution in [2.75, 3.05) is 11.6 Å². The van der Waals surface area contributed by atoms with Gasteiger partial charge < -0.3 is 5.32 Å². The van der Waals surface area contributed by atoms with Gasteiger partial charge in [-0.25, -0.2) is 23.4 Å². The minimum absolute atomic E-state index is 0.0925. The van der Waals surface area contributed by atoms with E-state index >= 15 is 0 Å². The summed E-state index contributed by atoms with van der Waals surface area (Å²) in [6.45, 7) is 0. The van der Waals surface area contributed by atoms with Crippen LogP contribution < -0.4 is 5.32 Å². The van der Waals surface area contributed by atoms with Gasteiger partial charge >= 0.3 is 6.18 Å². The van der Waals surface area contributed by atoms with Crippen LogP contribution in [0.3, 0.4) is 0 Å². The van der Waals surface area contributed by atoms with Crippen LogP contribution in [0.25, 0.3) is 10.4 Å². The standard InChI is InChI=1S/C19H16F3N5O4S2/c1-33(30,31)18(4-2-5-18)16-24-10-14(32-16)11-7-12(9-13(8-11)27(28)29)25-17-23-6-3-15(26-17)19(20,21)22/h3,6-10H,2,4-5H2,1H3,(H,23,25,26). The summed E-state index contributed by atoms with van der Waals surface area (Å²) in [4.78, 5) is 22.7. The van der Waals surface area contributed by atoms with E-state index in [2.05, 4.69) is 20.3 Å². The lowest BCUT2D eigenvalue weighted by molar-refractivity contribution is -0.384. The highest BCUT2D eigenvalue weighted by atomic mass is 32.2. The number of anilines is 2. The molecule has 1 fully saturated rings. The molecule has 14 heteroatoms. The minimum atomic E-state index is -4.68. The molecule has 2 aromatic heterocycles. The Morgan fingerprint density at radius 2 is 1.94 bits per heavy atom. The summed E-state index contributed by atoms with van der Waals surface area (Å²) in [6, 6.07) is 4.60. The average molecular weight is 499 g/mol. The second kappa shape index (κ2) is 8.02. The lowest BCUT2D eigenvalue weighted by Crippen LogP contribution is -2.41. The Kier molecular flexibility index (Phi) is 5.60. The average Bonchev–Trinajstić information content (AvgIpc) is 3.15. The van der Waals surface area contributed by atoms with E-state index in [-0.39, 0.29) is 17.3 Å². The molecule has 0 amide bonds. The number of aromatic nitrogens is 3. The summed E-state index contributed by atoms with van der Waals surface area (Å²) in [6.07, 6.45) is 0.510. The molecular weight excluding hydrogens is 483 g/mol. The van der Waals surface area contributed by atoms with E-state index in [4.69, 9.17) is 0 Å². The molecule has 0 unspecified atom stereocenters. The smallest absolute Gasteiger partial charge is 0.324 e. The number of nitro benzene ring substituents is 1. The number of hydrogen-bond acceptors (Lipinski definition) is 9. The molecule has 1 aliphatic carbocycles. The van der Waals surface area contributed by atoms with Crippen molar-refractivity contribution in [2.24, 2.45) is 0 Å². The molecule has 0 saturated heterocycles. The fraction of sp³-hybridized carbons (Fsp3) is 0.316. The SMILES string of the molecule is CS(=O)(=O)C1(c2ncc(-c3cc(Nc4nccc(C(F)(F)F)n4)cc([N+](=O)[O-])c3)s2)CCC1. The van der Waals surface area contributed by atoms with Crippen LogP contribution in [0.5, 0.6) is 0 Å². The Balaban J connectivity index is 1.72. The van der Waals surface area contributed by atoms with Gasteiger partial charge in [0, 0.05) is 42.0 Å². The fourth-order valence-corrected chi connectivity index (χ4v) is 6.52. The zero-order valence-corrected chi connectivity index (χ0v) is 18.6. The van der Waals surface area contributed by atoms with Crippen molar-refractivity contribution in [2.45, 2.75) is 30.2 Å². The molecule has 9 nitrogen and oxygen atoms in total. The van der Waals surface area contributed by atoms with Gasteiger partial charge in [0.15, 0.2) is 9.84 Å². The van der Waals surface area contributed by atoms with Crippen LogP contribution in [0, 0.1) is 10.1 Å². The van der Waals surface area contributed by atoms with Gasteiger partial charge in [0.1, 0.15) is 15.4 Å². The number of nitro groups is 1. The normalized spacial score (nSPS) is 15.6. The van der Waals surface area contributed by atoms with Crippen molar-refractivity contribution in [3.05, 3.63) is 57.5 Å². The van der Waals surface area contributed by atoms with E-state index < -0.39 is 31.4 Å². The second-order valence-corrected chi connectivity index (χ2v) is 10.9. The molecule has 0 aliphatic heterocycles. The highest BCUT2D eigenvalue weighted by molar-refractivity contribution is 7.91. The predicted molar refractivity (Wildman–Crippen MR) is 115 cm³/mol. The predicted octanol–water partition coefficient (Wildman–Crippen LogP) is 4.69. The zero-order chi connectivity index (χ0) is 24.0. The summed E-state index contributed by atoms with van der Waals surface area (Å²) in [5, 5.41) is 14.4. The Morgan fingerprint density at radius 3 is 2.52 bits per heavy atom. The summed E-state index contributed by atoms with van der Waals surface area (Å²) in [5.74, 6) is -0.383. The molecule has 1 aliphatic rings. The first-order chi connectivity index (χ1) is 15.4. The second-order valence-electron chi connectivity index (χ2n) is 7.56. The van der Waals surface area contributed by atoms with Crippen molar-refractivity contribution in [3.63, 3.8) is 0 Å². The molecule has 2 heterocycles. The van der Waals surface area contributed by atoms with Crippen molar-refractivity contribution in [1.82, 2.24) is 15.0 Å². The van der Waals surface area contributed by atoms with Crippen LogP contribution in [0.1, 0.15) is 30.0 Å². The van der Waals surface area contributed by atoms with Crippen LogP contribution in [-0.4, -0.2) is 34.5 Å². The molecule has 1 N–H and O–H groups in total. The van der Waals surface area contributed by atoms with Crippen molar-refractivity contribution >= 4 is 38.5 Å². The quantitative estimate of drug-likeness (QED) is 0.382. The summed E-state index contributed by atoms with van der Waals surface area (Å²) >= 11 is 1.12. The van der Waals surface area contributed by atoms with Crippen LogP contribution >= 0.6 is 11.3 Å². The number of thiazole rings is 1. The Labute approximate surface area is 189 Å². The van der Waals surface area contributed by atoms with E-state index in [9.17, 15) is 31.7 Å². The number of alkyl halides is 3. The molecule has 174 valence electrons. The molecule has 1 aromatic carbocycles. The largest absolute Gasteiger partial charge is 0.433 e. The first-order valence-corrected chi connectivity index (χ1v) is 12.2. The third-order valence-corrected chi connectivity index (χ3v) is 8.78. The number of halogens is 3. The van der Waals surface area contributed by atoms with E-state index in [1.165, 1.54) is 18.3 Å². The van der Waals surface area contributed by atoms with E-state index in [1.54, 1.807) is 0 Å². The Hall–Kier alpha value is -3.13. The zero-order valence-electron chi connectivity index (χ0n) is 17.0. The maximum absolute atomic E-state index is 12.9. The number of benzene rings is 1. The molecular formula is C19H16F3N5O4S2. The third-order valence-electron chi connectivity index (χ3n) is 5.38. The maximum Gasteiger partial charge on any atom is 0.433 e. The third kappa shape index (κ3) is 4.39. The van der Waals surface area contributed by atoms with E-state index in [0.29, 0.717) is 34.4 Å². The monoisotopic (exact) mass is 499 g/mol. The minimum Gasteiger partial charge on any atom is -0.324 e. The van der Waals surface area contributed by atoms with Gasteiger partial charge in [-0.2, -0.15) is 13.2 Å². The molecule has 33 heavy (non-hydrogen) atoms. The number of hydrogen-bond donors (Lipinski definition) is 1. The molecule has 4 rings (SSSR count). The molecule has 0 spiro atoms. The highest BCUT2D eigenvalue weighted by Gasteiger charge is 2.50. The van der Waals surface area contributed by atoms with Crippen LogP contribution in [0.15, 0.2) is 36.7 Å². The van der Waals surface area contributed by atoms with Gasteiger partial charge in [0.2, 0.25) is 5.95 Å². The number of non-ortho nitro benzene ring substituents is 1. The molecule has 0 bridgehead atoms. The number of nitrogens with zero attached hydrogens (tertiary/aromatic N) is 4. The van der Waals surface area contributed by atoms with Crippen molar-refractivity contribution in [1.29, 1.82) is 0 Å². The van der Waals surface area contributed by atoms with Gasteiger partial charge in [-0.1, -0.05) is 0 Å². The molecule has 0 atom stereocenters. The molecule has 0 radical (unpaired) electrons. The molecule has 1 saturated carbocycles. The first kappa shape index (κ1) is 23.0. The Bertz CT molecular complexity index is 1340. The number of sulfone groups is 1.